The standard InChI is InChI=1S/C12H10ClN3O2S/c1-7-14-12(16-15-7)19-10(11(17)18)6-8-2-4-9(13)5-3-8/h2-6H,1H3,(H,17,18)(H,14,15,16)/p-1/b10-6+. The minimum Gasteiger partial charge on any atom is -0.544 e. The Morgan fingerprint density at radius 2 is 2.11 bits per heavy atom. The molecule has 7 heteroatoms. The number of nitrogens with zero attached hydrogens (tertiary/aromatic N) is 2. The Labute approximate surface area is 118 Å². The number of aryl methyl sites for hydroxylation is 1. The summed E-state index contributed by atoms with van der Waals surface area (Å²) in [5.41, 5.74) is 0.711. The molecule has 2 rings (SSSR count). The third kappa shape index (κ3) is 3.84. The zero-order valence-electron chi connectivity index (χ0n) is 9.88. The van der Waals surface area contributed by atoms with Crippen molar-refractivity contribution in [3.8, 4) is 0 Å². The molecule has 0 aliphatic carbocycles. The molecular formula is C12H9ClN3O2S-. The maximum absolute atomic E-state index is 11.1. The van der Waals surface area contributed by atoms with Crippen LogP contribution >= 0.6 is 23.4 Å². The predicted molar refractivity (Wildman–Crippen MR) is 71.4 cm³/mol. The molecule has 1 heterocycles. The highest BCUT2D eigenvalue weighted by atomic mass is 35.5. The van der Waals surface area contributed by atoms with Gasteiger partial charge in [0.25, 0.3) is 0 Å². The number of rotatable bonds is 4. The lowest BCUT2D eigenvalue weighted by Crippen LogP contribution is -2.23. The number of aliphatic carboxylic acids is 1. The summed E-state index contributed by atoms with van der Waals surface area (Å²) in [5, 5.41) is 18.5. The number of carboxylic acid groups (broad SMARTS) is 1. The van der Waals surface area contributed by atoms with Crippen LogP contribution in [0, 0.1) is 6.92 Å². The van der Waals surface area contributed by atoms with Gasteiger partial charge < -0.3 is 9.90 Å². The van der Waals surface area contributed by atoms with Gasteiger partial charge in [0.1, 0.15) is 5.82 Å². The molecule has 2 aromatic rings. The van der Waals surface area contributed by atoms with E-state index in [1.54, 1.807) is 31.2 Å². The Morgan fingerprint density at radius 1 is 1.42 bits per heavy atom. The molecule has 19 heavy (non-hydrogen) atoms. The highest BCUT2D eigenvalue weighted by Gasteiger charge is 2.07. The van der Waals surface area contributed by atoms with Crippen molar-refractivity contribution in [2.45, 2.75) is 12.1 Å². The number of carbonyl (C=O) groups is 1. The molecule has 0 atom stereocenters. The zero-order chi connectivity index (χ0) is 13.8. The number of benzene rings is 1. The van der Waals surface area contributed by atoms with Crippen LogP contribution in [0.15, 0.2) is 34.3 Å². The van der Waals surface area contributed by atoms with Crippen molar-refractivity contribution in [2.75, 3.05) is 0 Å². The molecule has 0 radical (unpaired) electrons. The number of carbonyl (C=O) groups excluding carboxylic acids is 1. The second-order valence-corrected chi connectivity index (χ2v) is 5.10. The van der Waals surface area contributed by atoms with Gasteiger partial charge in [0.15, 0.2) is 0 Å². The van der Waals surface area contributed by atoms with Gasteiger partial charge in [-0.25, -0.2) is 4.98 Å². The van der Waals surface area contributed by atoms with E-state index in [1.807, 2.05) is 0 Å². The Hall–Kier alpha value is -1.79. The average Bonchev–Trinajstić information content (AvgIpc) is 2.76. The zero-order valence-corrected chi connectivity index (χ0v) is 11.5. The van der Waals surface area contributed by atoms with Gasteiger partial charge >= 0.3 is 0 Å². The van der Waals surface area contributed by atoms with E-state index in [1.165, 1.54) is 6.08 Å². The molecule has 0 bridgehead atoms. The van der Waals surface area contributed by atoms with Crippen molar-refractivity contribution in [3.05, 3.63) is 45.6 Å². The van der Waals surface area contributed by atoms with Crippen LogP contribution in [0.25, 0.3) is 6.08 Å². The summed E-state index contributed by atoms with van der Waals surface area (Å²) in [6.07, 6.45) is 1.49. The monoisotopic (exact) mass is 294 g/mol. The van der Waals surface area contributed by atoms with Crippen LogP contribution in [0.1, 0.15) is 11.4 Å². The molecule has 0 fully saturated rings. The highest BCUT2D eigenvalue weighted by Crippen LogP contribution is 2.25. The minimum atomic E-state index is -1.28. The number of carboxylic acids is 1. The van der Waals surface area contributed by atoms with Crippen LogP contribution in [0.4, 0.5) is 0 Å². The number of hydrogen-bond donors (Lipinski definition) is 1. The van der Waals surface area contributed by atoms with Gasteiger partial charge in [-0.3, -0.25) is 5.10 Å². The summed E-state index contributed by atoms with van der Waals surface area (Å²) in [4.78, 5) is 15.2. The number of nitrogens with one attached hydrogen (secondary N) is 1. The first-order chi connectivity index (χ1) is 9.04. The summed E-state index contributed by atoms with van der Waals surface area (Å²) in [7, 11) is 0. The van der Waals surface area contributed by atoms with Crippen LogP contribution in [0.5, 0.6) is 0 Å². The fraction of sp³-hybridized carbons (Fsp3) is 0.0833. The molecule has 0 spiro atoms. The van der Waals surface area contributed by atoms with Crippen LogP contribution in [0.3, 0.4) is 0 Å². The molecule has 0 saturated carbocycles. The molecule has 1 N–H and O–H groups in total. The maximum atomic E-state index is 11.1. The van der Waals surface area contributed by atoms with Crippen LogP contribution in [-0.4, -0.2) is 21.2 Å². The van der Waals surface area contributed by atoms with Crippen LogP contribution < -0.4 is 5.11 Å². The maximum Gasteiger partial charge on any atom is 0.213 e. The van der Waals surface area contributed by atoms with Crippen molar-refractivity contribution in [1.82, 2.24) is 15.2 Å². The summed E-state index contributed by atoms with van der Waals surface area (Å²) >= 11 is 6.69. The van der Waals surface area contributed by atoms with E-state index in [-0.39, 0.29) is 4.91 Å². The second-order valence-electron chi connectivity index (χ2n) is 3.65. The number of aromatic nitrogens is 3. The summed E-state index contributed by atoms with van der Waals surface area (Å²) in [6, 6.07) is 6.80. The van der Waals surface area contributed by atoms with Gasteiger partial charge in [-0.1, -0.05) is 23.7 Å². The number of thioether (sulfide) groups is 1. The van der Waals surface area contributed by atoms with E-state index >= 15 is 0 Å². The Balaban J connectivity index is 2.24. The third-order valence-corrected chi connectivity index (χ3v) is 3.27. The topological polar surface area (TPSA) is 81.7 Å². The van der Waals surface area contributed by atoms with Gasteiger partial charge in [0, 0.05) is 9.93 Å². The third-order valence-electron chi connectivity index (χ3n) is 2.15. The largest absolute Gasteiger partial charge is 0.544 e. The minimum absolute atomic E-state index is 0.0290. The van der Waals surface area contributed by atoms with Crippen molar-refractivity contribution in [1.29, 1.82) is 0 Å². The lowest BCUT2D eigenvalue weighted by Gasteiger charge is -2.05. The van der Waals surface area contributed by atoms with E-state index in [0.717, 1.165) is 11.8 Å². The Bertz CT molecular complexity index is 622. The van der Waals surface area contributed by atoms with Gasteiger partial charge in [-0.2, -0.15) is 0 Å². The predicted octanol–water partition coefficient (Wildman–Crippen LogP) is 1.65. The molecular weight excluding hydrogens is 286 g/mol. The van der Waals surface area contributed by atoms with Crippen molar-refractivity contribution in [2.24, 2.45) is 0 Å². The summed E-state index contributed by atoms with van der Waals surface area (Å²) in [5.74, 6) is -0.658. The van der Waals surface area contributed by atoms with Crippen molar-refractivity contribution in [3.63, 3.8) is 0 Å². The van der Waals surface area contributed by atoms with Crippen LogP contribution in [0.2, 0.25) is 5.02 Å². The van der Waals surface area contributed by atoms with Gasteiger partial charge in [-0.05, 0) is 42.5 Å². The fourth-order valence-electron chi connectivity index (χ4n) is 1.31. The molecule has 98 valence electrons. The van der Waals surface area contributed by atoms with E-state index in [4.69, 9.17) is 11.6 Å². The summed E-state index contributed by atoms with van der Waals surface area (Å²) in [6.45, 7) is 1.73. The molecule has 1 aromatic heterocycles. The molecule has 5 nitrogen and oxygen atoms in total. The molecule has 0 unspecified atom stereocenters. The molecule has 0 amide bonds. The summed E-state index contributed by atoms with van der Waals surface area (Å²) < 4.78 is 0. The average molecular weight is 295 g/mol. The fourth-order valence-corrected chi connectivity index (χ4v) is 2.18. The van der Waals surface area contributed by atoms with Gasteiger partial charge in [0.05, 0.1) is 5.97 Å². The first-order valence-corrected chi connectivity index (χ1v) is 6.49. The van der Waals surface area contributed by atoms with Gasteiger partial charge in [-0.15, -0.1) is 5.10 Å². The Morgan fingerprint density at radius 3 is 2.63 bits per heavy atom. The van der Waals surface area contributed by atoms with Crippen molar-refractivity contribution < 1.29 is 9.90 Å². The smallest absolute Gasteiger partial charge is 0.213 e. The molecule has 0 saturated heterocycles. The first kappa shape index (κ1) is 13.6. The van der Waals surface area contributed by atoms with E-state index in [2.05, 4.69) is 15.2 Å². The highest BCUT2D eigenvalue weighted by molar-refractivity contribution is 8.04. The Kier molecular flexibility index (Phi) is 4.24. The lowest BCUT2D eigenvalue weighted by atomic mass is 10.2. The number of H-pyrrole nitrogens is 1. The normalized spacial score (nSPS) is 11.6. The quantitative estimate of drug-likeness (QED) is 0.685. The first-order valence-electron chi connectivity index (χ1n) is 5.30. The van der Waals surface area contributed by atoms with Crippen molar-refractivity contribution >= 4 is 35.4 Å². The van der Waals surface area contributed by atoms with Crippen LogP contribution in [-0.2, 0) is 4.79 Å². The molecule has 1 aromatic carbocycles. The SMILES string of the molecule is Cc1nc(S/C(=C/c2ccc(Cl)cc2)C(=O)[O-])n[nH]1. The second kappa shape index (κ2) is 5.90. The number of halogens is 1. The van der Waals surface area contributed by atoms with E-state index < -0.39 is 5.97 Å². The molecule has 0 aliphatic heterocycles. The molecule has 0 aliphatic rings. The number of hydrogen-bond acceptors (Lipinski definition) is 5. The van der Waals surface area contributed by atoms with Gasteiger partial charge in [0.2, 0.25) is 5.16 Å². The number of aromatic amines is 1. The van der Waals surface area contributed by atoms with E-state index in [9.17, 15) is 9.90 Å². The lowest BCUT2D eigenvalue weighted by molar-refractivity contribution is -0.297. The van der Waals surface area contributed by atoms with E-state index in [0.29, 0.717) is 21.6 Å².